The third-order valence-corrected chi connectivity index (χ3v) is 4.35. The van der Waals surface area contributed by atoms with E-state index >= 15 is 0 Å². The molecule has 1 aromatic carbocycles. The number of benzene rings is 1. The van der Waals surface area contributed by atoms with Gasteiger partial charge in [-0.2, -0.15) is 0 Å². The van der Waals surface area contributed by atoms with E-state index in [2.05, 4.69) is 27.9 Å². The van der Waals surface area contributed by atoms with Gasteiger partial charge >= 0.3 is 0 Å². The van der Waals surface area contributed by atoms with Crippen LogP contribution in [0.5, 0.6) is 0 Å². The van der Waals surface area contributed by atoms with Crippen molar-refractivity contribution in [3.8, 4) is 0 Å². The molecule has 18 heavy (non-hydrogen) atoms. The highest BCUT2D eigenvalue weighted by atomic mass is 127. The van der Waals surface area contributed by atoms with Crippen molar-refractivity contribution in [3.63, 3.8) is 0 Å². The summed E-state index contributed by atoms with van der Waals surface area (Å²) in [4.78, 5) is 12.4. The van der Waals surface area contributed by atoms with Crippen LogP contribution in [0.15, 0.2) is 48.7 Å². The van der Waals surface area contributed by atoms with Crippen LogP contribution in [0.4, 0.5) is 5.69 Å². The molecule has 5 heteroatoms. The zero-order valence-electron chi connectivity index (χ0n) is 9.19. The Morgan fingerprint density at radius 1 is 1.28 bits per heavy atom. The molecule has 0 spiro atoms. The zero-order chi connectivity index (χ0) is 13.0. The molecule has 0 unspecified atom stereocenters. The lowest BCUT2D eigenvalue weighted by Gasteiger charge is -2.02. The number of nitrogens with one attached hydrogen (secondary N) is 1. The second kappa shape index (κ2) is 6.36. The van der Waals surface area contributed by atoms with Gasteiger partial charge in [-0.25, -0.2) is 0 Å². The Morgan fingerprint density at radius 2 is 2.06 bits per heavy atom. The second-order valence-electron chi connectivity index (χ2n) is 3.43. The lowest BCUT2D eigenvalue weighted by molar-refractivity contribution is 0.105. The summed E-state index contributed by atoms with van der Waals surface area (Å²) in [5.74, 6) is -0.0506. The average Bonchev–Trinajstić information content (AvgIpc) is 2.78. The monoisotopic (exact) mass is 389 g/mol. The number of hydrogen-bond acceptors (Lipinski definition) is 3. The quantitative estimate of drug-likeness (QED) is 0.462. The Hall–Kier alpha value is -0.850. The molecule has 0 amide bonds. The Bertz CT molecular complexity index is 594. The van der Waals surface area contributed by atoms with Crippen molar-refractivity contribution in [3.05, 3.63) is 61.5 Å². The molecule has 2 nitrogen and oxygen atoms in total. The van der Waals surface area contributed by atoms with Crippen LogP contribution in [0, 0.1) is 3.57 Å². The van der Waals surface area contributed by atoms with Gasteiger partial charge in [-0.15, -0.1) is 11.3 Å². The Labute approximate surface area is 128 Å². The molecule has 0 aliphatic carbocycles. The molecule has 92 valence electrons. The van der Waals surface area contributed by atoms with E-state index in [0.717, 1.165) is 9.26 Å². The van der Waals surface area contributed by atoms with Gasteiger partial charge in [0.2, 0.25) is 0 Å². The minimum Gasteiger partial charge on any atom is -0.361 e. The van der Waals surface area contributed by atoms with Gasteiger partial charge < -0.3 is 5.32 Å². The summed E-state index contributed by atoms with van der Waals surface area (Å²) in [6.07, 6.45) is 3.15. The number of carbonyl (C=O) groups is 1. The maximum Gasteiger partial charge on any atom is 0.197 e. The number of halogens is 2. The molecule has 1 N–H and O–H groups in total. The van der Waals surface area contributed by atoms with Crippen molar-refractivity contribution < 1.29 is 4.79 Å². The highest BCUT2D eigenvalue weighted by Crippen LogP contribution is 2.22. The number of rotatable bonds is 4. The maximum absolute atomic E-state index is 11.8. The minimum atomic E-state index is -0.0506. The van der Waals surface area contributed by atoms with E-state index in [1.807, 2.05) is 24.3 Å². The minimum absolute atomic E-state index is 0.0506. The predicted octanol–water partition coefficient (Wildman–Crippen LogP) is 4.81. The van der Waals surface area contributed by atoms with Crippen LogP contribution in [0.2, 0.25) is 4.34 Å². The molecule has 0 saturated carbocycles. The smallest absolute Gasteiger partial charge is 0.197 e. The van der Waals surface area contributed by atoms with E-state index in [1.54, 1.807) is 18.3 Å². The van der Waals surface area contributed by atoms with Crippen LogP contribution < -0.4 is 5.32 Å². The number of thiophene rings is 1. The first kappa shape index (κ1) is 13.6. The normalized spacial score (nSPS) is 10.8. The van der Waals surface area contributed by atoms with Crippen molar-refractivity contribution >= 4 is 57.0 Å². The van der Waals surface area contributed by atoms with Gasteiger partial charge in [-0.1, -0.05) is 23.7 Å². The largest absolute Gasteiger partial charge is 0.361 e. The second-order valence-corrected chi connectivity index (χ2v) is 6.30. The maximum atomic E-state index is 11.8. The van der Waals surface area contributed by atoms with Gasteiger partial charge in [0, 0.05) is 15.8 Å². The molecule has 2 aromatic rings. The van der Waals surface area contributed by atoms with Crippen molar-refractivity contribution in [1.82, 2.24) is 0 Å². The number of allylic oxidation sites excluding steroid dienone is 1. The van der Waals surface area contributed by atoms with E-state index in [9.17, 15) is 4.79 Å². The lowest BCUT2D eigenvalue weighted by Crippen LogP contribution is -1.94. The molecule has 0 aliphatic rings. The van der Waals surface area contributed by atoms with E-state index in [-0.39, 0.29) is 5.78 Å². The molecule has 0 saturated heterocycles. The van der Waals surface area contributed by atoms with Crippen LogP contribution in [-0.2, 0) is 0 Å². The fourth-order valence-corrected chi connectivity index (χ4v) is 2.82. The molecule has 0 atom stereocenters. The summed E-state index contributed by atoms with van der Waals surface area (Å²) in [6.45, 7) is 0. The van der Waals surface area contributed by atoms with E-state index in [4.69, 9.17) is 11.6 Å². The fraction of sp³-hybridized carbons (Fsp3) is 0. The molecule has 1 heterocycles. The van der Waals surface area contributed by atoms with Gasteiger partial charge in [0.15, 0.2) is 5.78 Å². The van der Waals surface area contributed by atoms with Gasteiger partial charge in [0.25, 0.3) is 0 Å². The topological polar surface area (TPSA) is 29.1 Å². The Morgan fingerprint density at radius 3 is 2.72 bits per heavy atom. The van der Waals surface area contributed by atoms with Crippen LogP contribution in [0.1, 0.15) is 9.67 Å². The van der Waals surface area contributed by atoms with Crippen molar-refractivity contribution in [2.75, 3.05) is 5.32 Å². The Balaban J connectivity index is 2.00. The van der Waals surface area contributed by atoms with Crippen LogP contribution in [0.3, 0.4) is 0 Å². The molecule has 0 bridgehead atoms. The summed E-state index contributed by atoms with van der Waals surface area (Å²) < 4.78 is 1.73. The van der Waals surface area contributed by atoms with Gasteiger partial charge in [0.1, 0.15) is 0 Å². The van der Waals surface area contributed by atoms with E-state index < -0.39 is 0 Å². The summed E-state index contributed by atoms with van der Waals surface area (Å²) in [5, 5.41) is 3.08. The summed E-state index contributed by atoms with van der Waals surface area (Å²) in [7, 11) is 0. The zero-order valence-corrected chi connectivity index (χ0v) is 12.9. The third kappa shape index (κ3) is 3.57. The number of hydrogen-bond donors (Lipinski definition) is 1. The predicted molar refractivity (Wildman–Crippen MR) is 85.6 cm³/mol. The Kier molecular flexibility index (Phi) is 4.79. The van der Waals surface area contributed by atoms with E-state index in [1.165, 1.54) is 17.4 Å². The van der Waals surface area contributed by atoms with Crippen LogP contribution >= 0.6 is 45.5 Å². The number of para-hydroxylation sites is 1. The third-order valence-electron chi connectivity index (χ3n) is 2.16. The first-order valence-electron chi connectivity index (χ1n) is 5.14. The van der Waals surface area contributed by atoms with Crippen molar-refractivity contribution in [2.45, 2.75) is 0 Å². The van der Waals surface area contributed by atoms with E-state index in [0.29, 0.717) is 9.21 Å². The molecule has 0 fully saturated rings. The number of anilines is 1. The van der Waals surface area contributed by atoms with Gasteiger partial charge in [0.05, 0.1) is 14.9 Å². The SMILES string of the molecule is O=C(/C=C/Nc1ccccc1I)c1ccc(Cl)s1. The summed E-state index contributed by atoms with van der Waals surface area (Å²) >= 11 is 9.30. The molecular weight excluding hydrogens is 381 g/mol. The van der Waals surface area contributed by atoms with Gasteiger partial charge in [-0.05, 0) is 46.9 Å². The number of carbonyl (C=O) groups excluding carboxylic acids is 1. The van der Waals surface area contributed by atoms with Gasteiger partial charge in [-0.3, -0.25) is 4.79 Å². The molecule has 1 aromatic heterocycles. The van der Waals surface area contributed by atoms with Crippen molar-refractivity contribution in [2.24, 2.45) is 0 Å². The molecule has 0 aliphatic heterocycles. The first-order chi connectivity index (χ1) is 8.66. The highest BCUT2D eigenvalue weighted by molar-refractivity contribution is 14.1. The van der Waals surface area contributed by atoms with Crippen LogP contribution in [-0.4, -0.2) is 5.78 Å². The summed E-state index contributed by atoms with van der Waals surface area (Å²) in [6, 6.07) is 11.3. The standard InChI is InChI=1S/C13H9ClINOS/c14-13-6-5-12(18-13)11(17)7-8-16-10-4-2-1-3-9(10)15/h1-8,16H/b8-7+. The summed E-state index contributed by atoms with van der Waals surface area (Å²) in [5.41, 5.74) is 0.978. The first-order valence-corrected chi connectivity index (χ1v) is 7.41. The fourth-order valence-electron chi connectivity index (χ4n) is 1.31. The lowest BCUT2D eigenvalue weighted by atomic mass is 10.3. The average molecular weight is 390 g/mol. The van der Waals surface area contributed by atoms with Crippen molar-refractivity contribution in [1.29, 1.82) is 0 Å². The highest BCUT2D eigenvalue weighted by Gasteiger charge is 2.04. The van der Waals surface area contributed by atoms with Crippen LogP contribution in [0.25, 0.3) is 0 Å². The number of ketones is 1. The molecule has 2 rings (SSSR count). The molecular formula is C13H9ClINOS. The molecule has 0 radical (unpaired) electrons.